The van der Waals surface area contributed by atoms with Crippen LogP contribution in [0.5, 0.6) is 0 Å². The Balaban J connectivity index is 1.46. The molecule has 1 saturated heterocycles. The number of nitrogens with zero attached hydrogens (tertiary/aromatic N) is 4. The molecular weight excluding hydrogens is 385 g/mol. The fraction of sp³-hybridized carbons (Fsp3) is 0.591. The lowest BCUT2D eigenvalue weighted by molar-refractivity contribution is -0.126. The maximum atomic E-state index is 13.5. The second-order valence-electron chi connectivity index (χ2n) is 8.57. The average molecular weight is 416 g/mol. The summed E-state index contributed by atoms with van der Waals surface area (Å²) in [5.74, 6) is 1.70. The molecule has 30 heavy (non-hydrogen) atoms. The van der Waals surface area contributed by atoms with Crippen molar-refractivity contribution in [3.8, 4) is 0 Å². The van der Waals surface area contributed by atoms with Crippen molar-refractivity contribution in [3.05, 3.63) is 47.3 Å². The quantitative estimate of drug-likeness (QED) is 0.784. The van der Waals surface area contributed by atoms with Crippen molar-refractivity contribution in [1.82, 2.24) is 25.0 Å². The van der Waals surface area contributed by atoms with Gasteiger partial charge in [0.05, 0.1) is 18.6 Å². The molecule has 8 heteroatoms. The third-order valence-corrected chi connectivity index (χ3v) is 5.99. The molecule has 162 valence electrons. The Morgan fingerprint density at radius 1 is 1.30 bits per heavy atom. The lowest BCUT2D eigenvalue weighted by Crippen LogP contribution is -2.38. The Labute approximate surface area is 176 Å². The molecule has 0 radical (unpaired) electrons. The number of hydrogen-bond donors (Lipinski definition) is 1. The summed E-state index contributed by atoms with van der Waals surface area (Å²) in [6, 6.07) is 6.58. The Morgan fingerprint density at radius 2 is 2.17 bits per heavy atom. The number of carbonyl (C=O) groups is 1. The van der Waals surface area contributed by atoms with Crippen LogP contribution in [0.15, 0.2) is 24.3 Å². The number of nitrogens with one attached hydrogen (secondary N) is 1. The van der Waals surface area contributed by atoms with Gasteiger partial charge in [0.25, 0.3) is 0 Å². The number of ether oxygens (including phenoxy) is 1. The predicted octanol–water partition coefficient (Wildman–Crippen LogP) is 2.33. The third kappa shape index (κ3) is 4.70. The zero-order valence-electron chi connectivity index (χ0n) is 17.7. The number of fused-ring (bicyclic) bond motifs is 1. The van der Waals surface area contributed by atoms with Crippen LogP contribution in [-0.4, -0.2) is 51.9 Å². The monoisotopic (exact) mass is 415 g/mol. The molecule has 2 aromatic rings. The van der Waals surface area contributed by atoms with Crippen LogP contribution >= 0.6 is 0 Å². The SMILES string of the molecule is CC(C)C(NC(=O)C1CCOC1)c1nnc2n1CCN(Cc1cccc(F)c1)CC2. The van der Waals surface area contributed by atoms with Crippen molar-refractivity contribution < 1.29 is 13.9 Å². The maximum Gasteiger partial charge on any atom is 0.226 e. The van der Waals surface area contributed by atoms with Gasteiger partial charge in [0, 0.05) is 39.2 Å². The van der Waals surface area contributed by atoms with Crippen molar-refractivity contribution in [2.24, 2.45) is 11.8 Å². The average Bonchev–Trinajstić information content (AvgIpc) is 3.34. The Morgan fingerprint density at radius 3 is 2.90 bits per heavy atom. The second kappa shape index (κ2) is 9.22. The van der Waals surface area contributed by atoms with Gasteiger partial charge in [0.1, 0.15) is 11.6 Å². The van der Waals surface area contributed by atoms with Crippen molar-refractivity contribution in [1.29, 1.82) is 0 Å². The summed E-state index contributed by atoms with van der Waals surface area (Å²) in [5, 5.41) is 12.1. The van der Waals surface area contributed by atoms with Crippen LogP contribution in [-0.2, 0) is 29.0 Å². The zero-order valence-corrected chi connectivity index (χ0v) is 17.7. The molecule has 2 atom stereocenters. The lowest BCUT2D eigenvalue weighted by atomic mass is 10.0. The van der Waals surface area contributed by atoms with E-state index in [4.69, 9.17) is 4.74 Å². The van der Waals surface area contributed by atoms with Crippen LogP contribution in [0.2, 0.25) is 0 Å². The van der Waals surface area contributed by atoms with E-state index in [0.717, 1.165) is 49.7 Å². The minimum absolute atomic E-state index is 0.0323. The summed E-state index contributed by atoms with van der Waals surface area (Å²) < 4.78 is 21.0. The fourth-order valence-corrected chi connectivity index (χ4v) is 4.21. The molecule has 1 aromatic carbocycles. The standard InChI is InChI=1S/C22H30FN5O2/c1-15(2)20(24-22(29)17-7-11-30-14-17)21-26-25-19-6-8-27(9-10-28(19)21)13-16-4-3-5-18(23)12-16/h3-5,12,15,17,20H,6-11,13-14H2,1-2H3,(H,24,29). The minimum atomic E-state index is -0.204. The molecule has 2 aliphatic heterocycles. The van der Waals surface area contributed by atoms with Crippen molar-refractivity contribution in [3.63, 3.8) is 0 Å². The molecule has 1 aromatic heterocycles. The molecule has 2 aliphatic rings. The topological polar surface area (TPSA) is 72.3 Å². The number of halogens is 1. The van der Waals surface area contributed by atoms with Crippen molar-refractivity contribution in [2.45, 2.75) is 45.8 Å². The van der Waals surface area contributed by atoms with Gasteiger partial charge in [-0.05, 0) is 30.0 Å². The molecule has 2 unspecified atom stereocenters. The van der Waals surface area contributed by atoms with Crippen LogP contribution in [0, 0.1) is 17.7 Å². The van der Waals surface area contributed by atoms with Crippen LogP contribution in [0.25, 0.3) is 0 Å². The van der Waals surface area contributed by atoms with Crippen molar-refractivity contribution >= 4 is 5.91 Å². The Hall–Kier alpha value is -2.32. The highest BCUT2D eigenvalue weighted by molar-refractivity contribution is 5.79. The van der Waals surface area contributed by atoms with E-state index in [-0.39, 0.29) is 29.6 Å². The Kier molecular flexibility index (Phi) is 6.43. The lowest BCUT2D eigenvalue weighted by Gasteiger charge is -2.24. The molecule has 1 N–H and O–H groups in total. The largest absolute Gasteiger partial charge is 0.381 e. The van der Waals surface area contributed by atoms with E-state index < -0.39 is 0 Å². The highest BCUT2D eigenvalue weighted by Crippen LogP contribution is 2.24. The van der Waals surface area contributed by atoms with E-state index in [9.17, 15) is 9.18 Å². The van der Waals surface area contributed by atoms with Crippen LogP contribution in [0.1, 0.15) is 43.5 Å². The van der Waals surface area contributed by atoms with Crippen LogP contribution in [0.4, 0.5) is 4.39 Å². The summed E-state index contributed by atoms with van der Waals surface area (Å²) in [6.07, 6.45) is 1.54. The molecule has 0 aliphatic carbocycles. The maximum absolute atomic E-state index is 13.5. The molecule has 0 spiro atoms. The van der Waals surface area contributed by atoms with Gasteiger partial charge < -0.3 is 14.6 Å². The summed E-state index contributed by atoms with van der Waals surface area (Å²) >= 11 is 0. The first kappa shape index (κ1) is 20.9. The summed E-state index contributed by atoms with van der Waals surface area (Å²) in [7, 11) is 0. The summed E-state index contributed by atoms with van der Waals surface area (Å²) in [4.78, 5) is 15.0. The number of benzene rings is 1. The second-order valence-corrected chi connectivity index (χ2v) is 8.57. The van der Waals surface area contributed by atoms with Crippen LogP contribution in [0.3, 0.4) is 0 Å². The predicted molar refractivity (Wildman–Crippen MR) is 110 cm³/mol. The van der Waals surface area contributed by atoms with Gasteiger partial charge >= 0.3 is 0 Å². The summed E-state index contributed by atoms with van der Waals surface area (Å²) in [6.45, 7) is 8.43. The van der Waals surface area contributed by atoms with E-state index in [1.54, 1.807) is 12.1 Å². The van der Waals surface area contributed by atoms with Gasteiger partial charge in [-0.3, -0.25) is 9.69 Å². The third-order valence-electron chi connectivity index (χ3n) is 5.99. The van der Waals surface area contributed by atoms with E-state index in [2.05, 4.69) is 38.8 Å². The zero-order chi connectivity index (χ0) is 21.1. The molecule has 1 amide bonds. The van der Waals surface area contributed by atoms with Crippen molar-refractivity contribution in [2.75, 3.05) is 26.3 Å². The molecule has 3 heterocycles. The Bertz CT molecular complexity index is 878. The normalized spacial score (nSPS) is 20.7. The van der Waals surface area contributed by atoms with E-state index in [1.807, 2.05) is 6.07 Å². The fourth-order valence-electron chi connectivity index (χ4n) is 4.21. The van der Waals surface area contributed by atoms with Gasteiger partial charge in [0.2, 0.25) is 5.91 Å². The van der Waals surface area contributed by atoms with E-state index in [0.29, 0.717) is 19.8 Å². The molecule has 0 bridgehead atoms. The highest BCUT2D eigenvalue weighted by Gasteiger charge is 2.31. The first-order chi connectivity index (χ1) is 14.5. The van der Waals surface area contributed by atoms with E-state index >= 15 is 0 Å². The van der Waals surface area contributed by atoms with Gasteiger partial charge in [-0.1, -0.05) is 26.0 Å². The molecular formula is C22H30FN5O2. The number of amides is 1. The molecule has 0 saturated carbocycles. The highest BCUT2D eigenvalue weighted by atomic mass is 19.1. The first-order valence-electron chi connectivity index (χ1n) is 10.8. The molecule has 4 rings (SSSR count). The smallest absolute Gasteiger partial charge is 0.226 e. The van der Waals surface area contributed by atoms with Crippen LogP contribution < -0.4 is 5.32 Å². The number of rotatable bonds is 6. The van der Waals surface area contributed by atoms with Gasteiger partial charge in [-0.2, -0.15) is 0 Å². The van der Waals surface area contributed by atoms with E-state index in [1.165, 1.54) is 6.07 Å². The number of aromatic nitrogens is 3. The molecule has 1 fully saturated rings. The number of carbonyl (C=O) groups excluding carboxylic acids is 1. The number of hydrogen-bond acceptors (Lipinski definition) is 5. The first-order valence-corrected chi connectivity index (χ1v) is 10.8. The van der Waals surface area contributed by atoms with Gasteiger partial charge in [-0.15, -0.1) is 10.2 Å². The summed E-state index contributed by atoms with van der Waals surface area (Å²) in [5.41, 5.74) is 0.971. The molecule has 7 nitrogen and oxygen atoms in total. The van der Waals surface area contributed by atoms with Gasteiger partial charge in [0.15, 0.2) is 5.82 Å². The minimum Gasteiger partial charge on any atom is -0.381 e. The van der Waals surface area contributed by atoms with Gasteiger partial charge in [-0.25, -0.2) is 4.39 Å².